The van der Waals surface area contributed by atoms with E-state index in [2.05, 4.69) is 18.8 Å². The summed E-state index contributed by atoms with van der Waals surface area (Å²) in [5.74, 6) is 0. The molecule has 2 aromatic carbocycles. The molecule has 0 aliphatic carbocycles. The van der Waals surface area contributed by atoms with E-state index in [4.69, 9.17) is 14.4 Å². The monoisotopic (exact) mass is 329 g/mol. The SMILES string of the molecule is Cc1cc2nc3[nH]c4ccc5c(C)cc(=O)oc5c4c3nc2cc1C. The summed E-state index contributed by atoms with van der Waals surface area (Å²) in [6.45, 7) is 6.04. The Bertz CT molecular complexity index is 1390. The molecule has 1 N–H and O–H groups in total. The van der Waals surface area contributed by atoms with E-state index in [-0.39, 0.29) is 5.63 Å². The first-order valence-corrected chi connectivity index (χ1v) is 8.15. The Labute approximate surface area is 142 Å². The average molecular weight is 329 g/mol. The second-order valence-corrected chi connectivity index (χ2v) is 6.58. The molecule has 5 nitrogen and oxygen atoms in total. The van der Waals surface area contributed by atoms with Gasteiger partial charge in [0.15, 0.2) is 5.65 Å². The maximum absolute atomic E-state index is 11.9. The third kappa shape index (κ3) is 1.92. The second-order valence-electron chi connectivity index (χ2n) is 6.58. The van der Waals surface area contributed by atoms with E-state index in [1.807, 2.05) is 31.2 Å². The summed E-state index contributed by atoms with van der Waals surface area (Å²) in [7, 11) is 0. The first kappa shape index (κ1) is 14.2. The van der Waals surface area contributed by atoms with Crippen molar-refractivity contribution in [2.24, 2.45) is 0 Å². The Hall–Kier alpha value is -3.21. The lowest BCUT2D eigenvalue weighted by molar-refractivity contribution is 0.563. The van der Waals surface area contributed by atoms with Crippen LogP contribution in [0.15, 0.2) is 39.5 Å². The van der Waals surface area contributed by atoms with E-state index in [1.165, 1.54) is 17.2 Å². The molecule has 3 heterocycles. The zero-order valence-electron chi connectivity index (χ0n) is 14.1. The van der Waals surface area contributed by atoms with Crippen LogP contribution in [0.3, 0.4) is 0 Å². The molecule has 5 rings (SSSR count). The number of H-pyrrole nitrogens is 1. The van der Waals surface area contributed by atoms with Crippen molar-refractivity contribution in [3.63, 3.8) is 0 Å². The van der Waals surface area contributed by atoms with Crippen LogP contribution in [0.5, 0.6) is 0 Å². The van der Waals surface area contributed by atoms with Gasteiger partial charge in [0.2, 0.25) is 0 Å². The number of aromatic amines is 1. The fourth-order valence-electron chi connectivity index (χ4n) is 3.42. The second kappa shape index (κ2) is 4.66. The van der Waals surface area contributed by atoms with Gasteiger partial charge in [-0.05, 0) is 61.7 Å². The predicted molar refractivity (Wildman–Crippen MR) is 99.2 cm³/mol. The molecule has 0 fully saturated rings. The number of benzene rings is 2. The van der Waals surface area contributed by atoms with Crippen molar-refractivity contribution in [2.45, 2.75) is 20.8 Å². The minimum absolute atomic E-state index is 0.355. The van der Waals surface area contributed by atoms with Gasteiger partial charge >= 0.3 is 5.63 Å². The van der Waals surface area contributed by atoms with Crippen LogP contribution < -0.4 is 5.63 Å². The average Bonchev–Trinajstić information content (AvgIpc) is 2.91. The van der Waals surface area contributed by atoms with Crippen molar-refractivity contribution < 1.29 is 4.42 Å². The maximum Gasteiger partial charge on any atom is 0.336 e. The van der Waals surface area contributed by atoms with E-state index in [1.54, 1.807) is 0 Å². The molecule has 0 bridgehead atoms. The number of fused-ring (bicyclic) bond motifs is 6. The topological polar surface area (TPSA) is 71.8 Å². The summed E-state index contributed by atoms with van der Waals surface area (Å²) in [6, 6.07) is 9.54. The highest BCUT2D eigenvalue weighted by Crippen LogP contribution is 2.32. The molecule has 0 saturated carbocycles. The van der Waals surface area contributed by atoms with Gasteiger partial charge in [0.05, 0.1) is 21.9 Å². The van der Waals surface area contributed by atoms with Gasteiger partial charge in [-0.3, -0.25) is 0 Å². The van der Waals surface area contributed by atoms with Crippen LogP contribution >= 0.6 is 0 Å². The van der Waals surface area contributed by atoms with Gasteiger partial charge in [-0.1, -0.05) is 0 Å². The number of aryl methyl sites for hydroxylation is 3. The lowest BCUT2D eigenvalue weighted by atomic mass is 10.1. The fraction of sp³-hybridized carbons (Fsp3) is 0.150. The van der Waals surface area contributed by atoms with Crippen LogP contribution in [-0.4, -0.2) is 15.0 Å². The van der Waals surface area contributed by atoms with E-state index in [0.717, 1.165) is 38.4 Å². The fourth-order valence-corrected chi connectivity index (χ4v) is 3.42. The van der Waals surface area contributed by atoms with Crippen molar-refractivity contribution in [3.8, 4) is 0 Å². The zero-order valence-corrected chi connectivity index (χ0v) is 14.1. The molecular formula is C20H15N3O2. The molecule has 0 unspecified atom stereocenters. The van der Waals surface area contributed by atoms with Gasteiger partial charge in [-0.25, -0.2) is 14.8 Å². The van der Waals surface area contributed by atoms with Crippen LogP contribution in [0.2, 0.25) is 0 Å². The molecule has 0 amide bonds. The summed E-state index contributed by atoms with van der Waals surface area (Å²) in [5.41, 5.74) is 7.43. The summed E-state index contributed by atoms with van der Waals surface area (Å²) in [6.07, 6.45) is 0. The van der Waals surface area contributed by atoms with Crippen LogP contribution in [0, 0.1) is 20.8 Å². The van der Waals surface area contributed by atoms with E-state index >= 15 is 0 Å². The van der Waals surface area contributed by atoms with Gasteiger partial charge < -0.3 is 9.40 Å². The highest BCUT2D eigenvalue weighted by Gasteiger charge is 2.15. The normalized spacial score (nSPS) is 12.0. The molecule has 25 heavy (non-hydrogen) atoms. The van der Waals surface area contributed by atoms with Crippen LogP contribution in [0.4, 0.5) is 0 Å². The van der Waals surface area contributed by atoms with Crippen LogP contribution in [-0.2, 0) is 0 Å². The van der Waals surface area contributed by atoms with E-state index in [0.29, 0.717) is 11.2 Å². The maximum atomic E-state index is 11.9. The van der Waals surface area contributed by atoms with E-state index in [9.17, 15) is 4.79 Å². The number of hydrogen-bond donors (Lipinski definition) is 1. The molecule has 0 atom stereocenters. The number of hydrogen-bond acceptors (Lipinski definition) is 4. The Balaban J connectivity index is 2.04. The molecule has 0 radical (unpaired) electrons. The van der Waals surface area contributed by atoms with Crippen molar-refractivity contribution in [2.75, 3.05) is 0 Å². The number of nitrogens with zero attached hydrogens (tertiary/aromatic N) is 2. The zero-order chi connectivity index (χ0) is 17.3. The number of nitrogens with one attached hydrogen (secondary N) is 1. The van der Waals surface area contributed by atoms with Crippen LogP contribution in [0.25, 0.3) is 44.1 Å². The van der Waals surface area contributed by atoms with Gasteiger partial charge in [-0.15, -0.1) is 0 Å². The summed E-state index contributed by atoms with van der Waals surface area (Å²) >= 11 is 0. The smallest absolute Gasteiger partial charge is 0.336 e. The molecular weight excluding hydrogens is 314 g/mol. The van der Waals surface area contributed by atoms with Crippen LogP contribution in [0.1, 0.15) is 16.7 Å². The molecule has 3 aromatic heterocycles. The lowest BCUT2D eigenvalue weighted by Gasteiger charge is -2.03. The Morgan fingerprint density at radius 3 is 2.40 bits per heavy atom. The summed E-state index contributed by atoms with van der Waals surface area (Å²) in [5, 5.41) is 1.72. The minimum atomic E-state index is -0.355. The molecule has 0 saturated heterocycles. The number of aromatic nitrogens is 3. The lowest BCUT2D eigenvalue weighted by Crippen LogP contribution is -1.98. The third-order valence-corrected chi connectivity index (χ3v) is 4.89. The van der Waals surface area contributed by atoms with Crippen molar-refractivity contribution >= 4 is 44.1 Å². The van der Waals surface area contributed by atoms with Gasteiger partial charge in [0, 0.05) is 11.5 Å². The Kier molecular flexibility index (Phi) is 2.64. The van der Waals surface area contributed by atoms with E-state index < -0.39 is 0 Å². The summed E-state index contributed by atoms with van der Waals surface area (Å²) in [4.78, 5) is 24.7. The number of rotatable bonds is 0. The van der Waals surface area contributed by atoms with Crippen molar-refractivity contribution in [1.82, 2.24) is 15.0 Å². The standard InChI is InChI=1S/C20H15N3O2/c1-9-6-14-15(7-10(9)2)23-20-18(21-14)17-13(22-20)5-4-12-11(3)8-16(24)25-19(12)17/h4-8H,1-3H3,(H,22,23). The summed E-state index contributed by atoms with van der Waals surface area (Å²) < 4.78 is 5.53. The van der Waals surface area contributed by atoms with Gasteiger partial charge in [0.25, 0.3) is 0 Å². The van der Waals surface area contributed by atoms with Gasteiger partial charge in [0.1, 0.15) is 11.1 Å². The first-order chi connectivity index (χ1) is 12.0. The Morgan fingerprint density at radius 1 is 0.920 bits per heavy atom. The molecule has 5 aromatic rings. The molecule has 5 heteroatoms. The molecule has 0 spiro atoms. The molecule has 0 aliphatic rings. The first-order valence-electron chi connectivity index (χ1n) is 8.15. The van der Waals surface area contributed by atoms with Crippen molar-refractivity contribution in [3.05, 3.63) is 57.4 Å². The van der Waals surface area contributed by atoms with Crippen molar-refractivity contribution in [1.29, 1.82) is 0 Å². The highest BCUT2D eigenvalue weighted by molar-refractivity contribution is 6.17. The quantitative estimate of drug-likeness (QED) is 0.430. The highest BCUT2D eigenvalue weighted by atomic mass is 16.4. The molecule has 122 valence electrons. The molecule has 0 aliphatic heterocycles. The Morgan fingerprint density at radius 2 is 1.64 bits per heavy atom. The minimum Gasteiger partial charge on any atom is -0.422 e. The largest absolute Gasteiger partial charge is 0.422 e. The predicted octanol–water partition coefficient (Wildman–Crippen LogP) is 4.30. The van der Waals surface area contributed by atoms with Gasteiger partial charge in [-0.2, -0.15) is 0 Å². The third-order valence-electron chi connectivity index (χ3n) is 4.89.